The summed E-state index contributed by atoms with van der Waals surface area (Å²) in [6.07, 6.45) is 0. The predicted octanol–water partition coefficient (Wildman–Crippen LogP) is 1.96. The topological polar surface area (TPSA) is 91.1 Å². The van der Waals surface area contributed by atoms with Crippen LogP contribution < -0.4 is 4.72 Å². The molecule has 88 valence electrons. The van der Waals surface area contributed by atoms with Gasteiger partial charge in [-0.05, 0) is 24.6 Å². The number of carbonyl (C=O) groups is 1. The molecule has 1 aromatic carbocycles. The Hall–Kier alpha value is -1.86. The van der Waals surface area contributed by atoms with Gasteiger partial charge >= 0.3 is 0 Å². The van der Waals surface area contributed by atoms with Crippen molar-refractivity contribution in [3.05, 3.63) is 35.5 Å². The van der Waals surface area contributed by atoms with E-state index in [1.54, 1.807) is 31.2 Å². The Morgan fingerprint density at radius 3 is 2.71 bits per heavy atom. The molecule has 0 fully saturated rings. The van der Waals surface area contributed by atoms with E-state index in [2.05, 4.69) is 15.0 Å². The summed E-state index contributed by atoms with van der Waals surface area (Å²) in [5.41, 5.74) is 2.02. The highest BCUT2D eigenvalue weighted by atomic mass is 32.2. The van der Waals surface area contributed by atoms with Gasteiger partial charge in [0.15, 0.2) is 0 Å². The van der Waals surface area contributed by atoms with E-state index in [9.17, 15) is 9.00 Å². The SMILES string of the molecule is CC1=C(c2cccc(NS(=O)O)c2)C(=O)N=N1. The lowest BCUT2D eigenvalue weighted by atomic mass is 10.0. The Kier molecular flexibility index (Phi) is 3.12. The van der Waals surface area contributed by atoms with E-state index in [0.29, 0.717) is 22.5 Å². The normalized spacial score (nSPS) is 16.5. The Balaban J connectivity index is 2.38. The third-order valence-electron chi connectivity index (χ3n) is 2.22. The summed E-state index contributed by atoms with van der Waals surface area (Å²) in [6, 6.07) is 6.62. The van der Waals surface area contributed by atoms with Gasteiger partial charge in [0.25, 0.3) is 17.2 Å². The fourth-order valence-corrected chi connectivity index (χ4v) is 1.88. The summed E-state index contributed by atoms with van der Waals surface area (Å²) >= 11 is -2.14. The van der Waals surface area contributed by atoms with Crippen LogP contribution in [0.1, 0.15) is 12.5 Å². The van der Waals surface area contributed by atoms with E-state index in [4.69, 9.17) is 4.55 Å². The van der Waals surface area contributed by atoms with Crippen molar-refractivity contribution in [2.45, 2.75) is 6.92 Å². The third kappa shape index (κ3) is 2.45. The van der Waals surface area contributed by atoms with Gasteiger partial charge in [0.2, 0.25) is 0 Å². The lowest BCUT2D eigenvalue weighted by molar-refractivity contribution is -0.112. The minimum absolute atomic E-state index is 0.398. The second kappa shape index (κ2) is 4.56. The molecule has 1 heterocycles. The molecule has 17 heavy (non-hydrogen) atoms. The van der Waals surface area contributed by atoms with Gasteiger partial charge in [0, 0.05) is 5.69 Å². The molecule has 0 saturated heterocycles. The number of benzene rings is 1. The summed E-state index contributed by atoms with van der Waals surface area (Å²) in [7, 11) is 0. The van der Waals surface area contributed by atoms with E-state index in [1.165, 1.54) is 0 Å². The summed E-state index contributed by atoms with van der Waals surface area (Å²) in [4.78, 5) is 11.5. The number of azo groups is 1. The van der Waals surface area contributed by atoms with Crippen LogP contribution >= 0.6 is 0 Å². The van der Waals surface area contributed by atoms with Gasteiger partial charge in [-0.3, -0.25) is 14.1 Å². The van der Waals surface area contributed by atoms with Crippen molar-refractivity contribution in [2.75, 3.05) is 4.72 Å². The monoisotopic (exact) mass is 251 g/mol. The minimum atomic E-state index is -2.14. The molecule has 1 amide bonds. The molecule has 2 N–H and O–H groups in total. The van der Waals surface area contributed by atoms with E-state index in [-0.39, 0.29) is 0 Å². The lowest BCUT2D eigenvalue weighted by Gasteiger charge is -2.05. The number of rotatable bonds is 3. The number of hydrogen-bond donors (Lipinski definition) is 2. The van der Waals surface area contributed by atoms with Gasteiger partial charge in [-0.25, -0.2) is 4.21 Å². The highest BCUT2D eigenvalue weighted by Gasteiger charge is 2.20. The Morgan fingerprint density at radius 1 is 1.35 bits per heavy atom. The van der Waals surface area contributed by atoms with Gasteiger partial charge in [0.1, 0.15) is 0 Å². The van der Waals surface area contributed by atoms with Crippen LogP contribution in [0.5, 0.6) is 0 Å². The molecule has 0 aromatic heterocycles. The molecular formula is C10H9N3O3S. The first-order valence-corrected chi connectivity index (χ1v) is 5.83. The van der Waals surface area contributed by atoms with Crippen molar-refractivity contribution in [1.29, 1.82) is 0 Å². The number of allylic oxidation sites excluding steroid dienone is 1. The van der Waals surface area contributed by atoms with Crippen LogP contribution in [0.4, 0.5) is 5.69 Å². The standard InChI is InChI=1S/C10H9N3O3S/c1-6-9(10(14)12-11-6)7-3-2-4-8(5-7)13-17(15)16/h2-5,13H,1H3,(H,15,16). The highest BCUT2D eigenvalue weighted by molar-refractivity contribution is 7.80. The molecule has 2 rings (SSSR count). The molecule has 0 radical (unpaired) electrons. The zero-order valence-corrected chi connectivity index (χ0v) is 9.69. The smallest absolute Gasteiger partial charge is 0.289 e. The first kappa shape index (κ1) is 11.6. The molecular weight excluding hydrogens is 242 g/mol. The fraction of sp³-hybridized carbons (Fsp3) is 0.100. The summed E-state index contributed by atoms with van der Waals surface area (Å²) < 4.78 is 21.7. The molecule has 7 heteroatoms. The molecule has 1 unspecified atom stereocenters. The number of amides is 1. The molecule has 0 spiro atoms. The van der Waals surface area contributed by atoms with Crippen LogP contribution in [0.25, 0.3) is 5.57 Å². The van der Waals surface area contributed by atoms with Crippen molar-refractivity contribution in [1.82, 2.24) is 0 Å². The third-order valence-corrected chi connectivity index (χ3v) is 2.63. The zero-order chi connectivity index (χ0) is 12.4. The van der Waals surface area contributed by atoms with Crippen LogP contribution in [0.3, 0.4) is 0 Å². The largest absolute Gasteiger partial charge is 0.297 e. The van der Waals surface area contributed by atoms with Gasteiger partial charge in [-0.1, -0.05) is 12.1 Å². The molecule has 1 aromatic rings. The minimum Gasteiger partial charge on any atom is -0.289 e. The summed E-state index contributed by atoms with van der Waals surface area (Å²) in [6.45, 7) is 1.69. The molecule has 0 saturated carbocycles. The lowest BCUT2D eigenvalue weighted by Crippen LogP contribution is -2.03. The molecule has 6 nitrogen and oxygen atoms in total. The van der Waals surface area contributed by atoms with Crippen molar-refractivity contribution in [3.63, 3.8) is 0 Å². The van der Waals surface area contributed by atoms with Crippen LogP contribution in [0.2, 0.25) is 0 Å². The van der Waals surface area contributed by atoms with Gasteiger partial charge in [-0.2, -0.15) is 5.11 Å². The highest BCUT2D eigenvalue weighted by Crippen LogP contribution is 2.27. The van der Waals surface area contributed by atoms with E-state index in [1.807, 2.05) is 0 Å². The maximum Gasteiger partial charge on any atom is 0.297 e. The predicted molar refractivity (Wildman–Crippen MR) is 63.3 cm³/mol. The molecule has 1 aliphatic rings. The van der Waals surface area contributed by atoms with Gasteiger partial charge < -0.3 is 0 Å². The number of nitrogens with one attached hydrogen (secondary N) is 1. The molecule has 1 aliphatic heterocycles. The van der Waals surface area contributed by atoms with Gasteiger partial charge in [0.05, 0.1) is 11.3 Å². The fourth-order valence-electron chi connectivity index (χ4n) is 1.55. The zero-order valence-electron chi connectivity index (χ0n) is 8.88. The average Bonchev–Trinajstić information content (AvgIpc) is 2.58. The molecule has 1 atom stereocenters. The Bertz CT molecular complexity index is 566. The number of anilines is 1. The van der Waals surface area contributed by atoms with Crippen molar-refractivity contribution in [2.24, 2.45) is 10.2 Å². The van der Waals surface area contributed by atoms with Crippen LogP contribution in [0, 0.1) is 0 Å². The maximum absolute atomic E-state index is 11.5. The average molecular weight is 251 g/mol. The summed E-state index contributed by atoms with van der Waals surface area (Å²) in [5, 5.41) is 7.14. The first-order valence-electron chi connectivity index (χ1n) is 4.73. The second-order valence-electron chi connectivity index (χ2n) is 3.40. The number of nitrogens with zero attached hydrogens (tertiary/aromatic N) is 2. The van der Waals surface area contributed by atoms with Crippen molar-refractivity contribution < 1.29 is 13.6 Å². The Labute approximate surface area is 99.9 Å². The van der Waals surface area contributed by atoms with Crippen LogP contribution in [0.15, 0.2) is 40.2 Å². The maximum atomic E-state index is 11.5. The quantitative estimate of drug-likeness (QED) is 0.804. The number of carbonyl (C=O) groups excluding carboxylic acids is 1. The van der Waals surface area contributed by atoms with Crippen LogP contribution in [-0.4, -0.2) is 14.7 Å². The second-order valence-corrected chi connectivity index (χ2v) is 4.10. The number of hydrogen-bond acceptors (Lipinski definition) is 3. The van der Waals surface area contributed by atoms with E-state index < -0.39 is 17.2 Å². The van der Waals surface area contributed by atoms with Gasteiger partial charge in [-0.15, -0.1) is 5.11 Å². The van der Waals surface area contributed by atoms with E-state index >= 15 is 0 Å². The molecule has 0 bridgehead atoms. The summed E-state index contributed by atoms with van der Waals surface area (Å²) in [5.74, 6) is -0.398. The Morgan fingerprint density at radius 2 is 2.12 bits per heavy atom. The van der Waals surface area contributed by atoms with Crippen molar-refractivity contribution in [3.8, 4) is 0 Å². The van der Waals surface area contributed by atoms with Crippen molar-refractivity contribution >= 4 is 28.4 Å². The first-order chi connectivity index (χ1) is 8.08. The van der Waals surface area contributed by atoms with Crippen LogP contribution in [-0.2, 0) is 16.1 Å². The van der Waals surface area contributed by atoms with E-state index in [0.717, 1.165) is 0 Å². The molecule has 0 aliphatic carbocycles.